The van der Waals surface area contributed by atoms with Crippen LogP contribution in [0.4, 0.5) is 0 Å². The zero-order chi connectivity index (χ0) is 12.4. The van der Waals surface area contributed by atoms with E-state index in [2.05, 4.69) is 20.8 Å². The molecule has 0 atom stereocenters. The highest BCUT2D eigenvalue weighted by Crippen LogP contribution is 2.35. The van der Waals surface area contributed by atoms with E-state index < -0.39 is 0 Å². The molecule has 1 nitrogen and oxygen atoms in total. The van der Waals surface area contributed by atoms with Crippen LogP contribution in [-0.2, 0) is 0 Å². The molecule has 0 radical (unpaired) electrons. The number of hydrogen-bond acceptors (Lipinski definition) is 2. The lowest BCUT2D eigenvalue weighted by Gasteiger charge is -2.29. The lowest BCUT2D eigenvalue weighted by Crippen LogP contribution is -2.24. The van der Waals surface area contributed by atoms with E-state index in [0.717, 1.165) is 30.2 Å². The Balaban J connectivity index is 1.95. The highest BCUT2D eigenvalue weighted by atomic mass is 32.1. The molecule has 2 rings (SSSR count). The summed E-state index contributed by atoms with van der Waals surface area (Å²) in [5.74, 6) is 2.29. The fourth-order valence-electron chi connectivity index (χ4n) is 2.86. The first kappa shape index (κ1) is 12.8. The summed E-state index contributed by atoms with van der Waals surface area (Å²) >= 11 is 1.68. The van der Waals surface area contributed by atoms with Gasteiger partial charge in [-0.25, -0.2) is 0 Å². The molecule has 0 aliphatic heterocycles. The van der Waals surface area contributed by atoms with Crippen LogP contribution < -0.4 is 0 Å². The first-order valence-electron chi connectivity index (χ1n) is 6.67. The van der Waals surface area contributed by atoms with Crippen molar-refractivity contribution in [3.05, 3.63) is 21.9 Å². The van der Waals surface area contributed by atoms with Gasteiger partial charge in [-0.1, -0.05) is 13.8 Å². The number of rotatable bonds is 3. The van der Waals surface area contributed by atoms with Gasteiger partial charge in [0.05, 0.1) is 0 Å². The molecule has 0 N–H and O–H groups in total. The van der Waals surface area contributed by atoms with Crippen molar-refractivity contribution < 1.29 is 4.79 Å². The Labute approximate surface area is 108 Å². The van der Waals surface area contributed by atoms with Gasteiger partial charge < -0.3 is 0 Å². The molecule has 1 aromatic rings. The maximum atomic E-state index is 12.3. The Bertz CT molecular complexity index is 383. The predicted octanol–water partition coefficient (Wildman–Crippen LogP) is 4.70. The average Bonchev–Trinajstić information content (AvgIpc) is 2.75. The summed E-state index contributed by atoms with van der Waals surface area (Å²) in [6.45, 7) is 6.67. The largest absolute Gasteiger partial charge is 0.294 e. The fraction of sp³-hybridized carbons (Fsp3) is 0.667. The Morgan fingerprint density at radius 1 is 1.29 bits per heavy atom. The number of aryl methyl sites for hydroxylation is 1. The summed E-state index contributed by atoms with van der Waals surface area (Å²) < 4.78 is 0. The van der Waals surface area contributed by atoms with Gasteiger partial charge in [-0.15, -0.1) is 11.3 Å². The molecule has 0 bridgehead atoms. The smallest absolute Gasteiger partial charge is 0.166 e. The number of ketones is 1. The Kier molecular flexibility index (Phi) is 4.03. The third-order valence-electron chi connectivity index (χ3n) is 4.10. The van der Waals surface area contributed by atoms with E-state index in [1.807, 2.05) is 11.4 Å². The number of hydrogen-bond donors (Lipinski definition) is 0. The van der Waals surface area contributed by atoms with E-state index >= 15 is 0 Å². The molecule has 1 heterocycles. The van der Waals surface area contributed by atoms with Crippen molar-refractivity contribution in [2.24, 2.45) is 17.8 Å². The van der Waals surface area contributed by atoms with E-state index in [-0.39, 0.29) is 0 Å². The fourth-order valence-corrected chi connectivity index (χ4v) is 3.55. The van der Waals surface area contributed by atoms with Crippen LogP contribution in [0.5, 0.6) is 0 Å². The van der Waals surface area contributed by atoms with Crippen molar-refractivity contribution in [1.82, 2.24) is 0 Å². The van der Waals surface area contributed by atoms with Gasteiger partial charge in [0.25, 0.3) is 0 Å². The maximum Gasteiger partial charge on any atom is 0.166 e. The molecule has 0 unspecified atom stereocenters. The molecule has 0 amide bonds. The summed E-state index contributed by atoms with van der Waals surface area (Å²) in [5, 5.41) is 2.02. The lowest BCUT2D eigenvalue weighted by atomic mass is 9.75. The topological polar surface area (TPSA) is 17.1 Å². The number of Topliss-reactive ketones (excluding diaryl/α,β-unsaturated/α-hetero) is 1. The molecule has 2 heteroatoms. The minimum absolute atomic E-state index is 0.291. The molecular weight excluding hydrogens is 228 g/mol. The van der Waals surface area contributed by atoms with E-state index in [0.29, 0.717) is 11.7 Å². The van der Waals surface area contributed by atoms with Crippen molar-refractivity contribution in [3.63, 3.8) is 0 Å². The molecule has 1 saturated carbocycles. The van der Waals surface area contributed by atoms with Crippen LogP contribution in [0.3, 0.4) is 0 Å². The lowest BCUT2D eigenvalue weighted by molar-refractivity contribution is 0.0859. The second kappa shape index (κ2) is 5.34. The third-order valence-corrected chi connectivity index (χ3v) is 4.96. The van der Waals surface area contributed by atoms with Crippen molar-refractivity contribution in [2.45, 2.75) is 46.5 Å². The second-order valence-corrected chi connectivity index (χ2v) is 6.78. The predicted molar refractivity (Wildman–Crippen MR) is 73.7 cm³/mol. The molecule has 0 spiro atoms. The average molecular weight is 250 g/mol. The van der Waals surface area contributed by atoms with Crippen LogP contribution in [0.2, 0.25) is 0 Å². The first-order chi connectivity index (χ1) is 8.08. The molecule has 1 fully saturated rings. The summed E-state index contributed by atoms with van der Waals surface area (Å²) in [6.07, 6.45) is 4.65. The Morgan fingerprint density at radius 2 is 1.94 bits per heavy atom. The molecular formula is C15H22OS. The zero-order valence-corrected chi connectivity index (χ0v) is 11.8. The van der Waals surface area contributed by atoms with Crippen LogP contribution >= 0.6 is 11.3 Å². The van der Waals surface area contributed by atoms with E-state index in [9.17, 15) is 4.79 Å². The van der Waals surface area contributed by atoms with Gasteiger partial charge in [0.1, 0.15) is 0 Å². The third kappa shape index (κ3) is 2.98. The van der Waals surface area contributed by atoms with Gasteiger partial charge in [0, 0.05) is 21.7 Å². The minimum atomic E-state index is 0.291. The molecule has 1 aliphatic rings. The monoisotopic (exact) mass is 250 g/mol. The number of carbonyl (C=O) groups excluding carboxylic acids is 1. The van der Waals surface area contributed by atoms with Crippen molar-refractivity contribution in [3.8, 4) is 0 Å². The van der Waals surface area contributed by atoms with Gasteiger partial charge in [-0.05, 0) is 50.5 Å². The maximum absolute atomic E-state index is 12.3. The van der Waals surface area contributed by atoms with Crippen LogP contribution in [-0.4, -0.2) is 5.78 Å². The standard InChI is InChI=1S/C15H22OS/c1-10(2)12-4-6-13(7-5-12)15(16)14-8-11(3)17-9-14/h8-10,12-13H,4-7H2,1-3H3. The molecule has 1 aromatic heterocycles. The Morgan fingerprint density at radius 3 is 2.41 bits per heavy atom. The summed E-state index contributed by atoms with van der Waals surface area (Å²) in [4.78, 5) is 13.5. The molecule has 1 aliphatic carbocycles. The molecule has 94 valence electrons. The zero-order valence-electron chi connectivity index (χ0n) is 11.0. The van der Waals surface area contributed by atoms with Gasteiger partial charge in [-0.2, -0.15) is 0 Å². The van der Waals surface area contributed by atoms with Gasteiger partial charge in [0.2, 0.25) is 0 Å². The van der Waals surface area contributed by atoms with E-state index in [1.165, 1.54) is 17.7 Å². The van der Waals surface area contributed by atoms with E-state index in [4.69, 9.17) is 0 Å². The normalized spacial score (nSPS) is 25.2. The highest BCUT2D eigenvalue weighted by molar-refractivity contribution is 7.10. The molecule has 17 heavy (non-hydrogen) atoms. The van der Waals surface area contributed by atoms with Crippen LogP contribution in [0.1, 0.15) is 54.8 Å². The van der Waals surface area contributed by atoms with Gasteiger partial charge in [-0.3, -0.25) is 4.79 Å². The minimum Gasteiger partial charge on any atom is -0.294 e. The Hall–Kier alpha value is -0.630. The summed E-state index contributed by atoms with van der Waals surface area (Å²) in [5.41, 5.74) is 0.945. The summed E-state index contributed by atoms with van der Waals surface area (Å²) in [6, 6.07) is 2.04. The van der Waals surface area contributed by atoms with Crippen LogP contribution in [0.25, 0.3) is 0 Å². The van der Waals surface area contributed by atoms with Crippen LogP contribution in [0, 0.1) is 24.7 Å². The SMILES string of the molecule is Cc1cc(C(=O)C2CCC(C(C)C)CC2)cs1. The summed E-state index contributed by atoms with van der Waals surface area (Å²) in [7, 11) is 0. The quantitative estimate of drug-likeness (QED) is 0.711. The first-order valence-corrected chi connectivity index (χ1v) is 7.55. The second-order valence-electron chi connectivity index (χ2n) is 5.67. The van der Waals surface area contributed by atoms with E-state index in [1.54, 1.807) is 11.3 Å². The molecule has 0 saturated heterocycles. The number of carbonyl (C=O) groups is 1. The van der Waals surface area contributed by atoms with Crippen LogP contribution in [0.15, 0.2) is 11.4 Å². The van der Waals surface area contributed by atoms with Gasteiger partial charge >= 0.3 is 0 Å². The highest BCUT2D eigenvalue weighted by Gasteiger charge is 2.28. The van der Waals surface area contributed by atoms with Crippen molar-refractivity contribution >= 4 is 17.1 Å². The molecule has 0 aromatic carbocycles. The van der Waals surface area contributed by atoms with Gasteiger partial charge in [0.15, 0.2) is 5.78 Å². The number of thiophene rings is 1. The van der Waals surface area contributed by atoms with Crippen molar-refractivity contribution in [1.29, 1.82) is 0 Å². The van der Waals surface area contributed by atoms with Crippen molar-refractivity contribution in [2.75, 3.05) is 0 Å².